The van der Waals surface area contributed by atoms with E-state index in [2.05, 4.69) is 22.2 Å². The van der Waals surface area contributed by atoms with Gasteiger partial charge in [0.2, 0.25) is 5.91 Å². The van der Waals surface area contributed by atoms with Gasteiger partial charge in [-0.15, -0.1) is 0 Å². The van der Waals surface area contributed by atoms with Crippen molar-refractivity contribution in [2.45, 2.75) is 18.2 Å². The van der Waals surface area contributed by atoms with E-state index >= 15 is 0 Å². The fourth-order valence-corrected chi connectivity index (χ4v) is 4.37. The zero-order valence-electron chi connectivity index (χ0n) is 16.4. The van der Waals surface area contributed by atoms with Crippen molar-refractivity contribution in [1.82, 2.24) is 4.90 Å². The van der Waals surface area contributed by atoms with Gasteiger partial charge < -0.3 is 15.1 Å². The highest BCUT2D eigenvalue weighted by molar-refractivity contribution is 7.91. The molecule has 1 fully saturated rings. The fraction of sp³-hybridized carbons (Fsp3) is 0.381. The summed E-state index contributed by atoms with van der Waals surface area (Å²) >= 11 is 0. The number of carbonyl (C=O) groups is 1. The van der Waals surface area contributed by atoms with Gasteiger partial charge in [0.15, 0.2) is 9.84 Å². The van der Waals surface area contributed by atoms with Crippen molar-refractivity contribution < 1.29 is 13.2 Å². The number of piperazine rings is 1. The van der Waals surface area contributed by atoms with Crippen molar-refractivity contribution in [3.8, 4) is 0 Å². The van der Waals surface area contributed by atoms with Crippen molar-refractivity contribution in [3.63, 3.8) is 0 Å². The molecule has 0 aliphatic carbocycles. The van der Waals surface area contributed by atoms with Crippen LogP contribution in [0.5, 0.6) is 0 Å². The third-order valence-electron chi connectivity index (χ3n) is 5.00. The van der Waals surface area contributed by atoms with E-state index in [0.717, 1.165) is 37.4 Å². The van der Waals surface area contributed by atoms with Crippen LogP contribution in [0.1, 0.15) is 12.0 Å². The maximum Gasteiger partial charge on any atom is 0.225 e. The molecular formula is C21H27N3O3S. The second-order valence-corrected chi connectivity index (χ2v) is 9.38. The van der Waals surface area contributed by atoms with E-state index in [9.17, 15) is 13.2 Å². The maximum absolute atomic E-state index is 12.4. The first-order valence-electron chi connectivity index (χ1n) is 9.46. The molecular weight excluding hydrogens is 374 g/mol. The summed E-state index contributed by atoms with van der Waals surface area (Å²) in [4.78, 5) is 17.0. The first-order chi connectivity index (χ1) is 13.3. The summed E-state index contributed by atoms with van der Waals surface area (Å²) in [6.45, 7) is 5.94. The minimum absolute atomic E-state index is 0.0730. The lowest BCUT2D eigenvalue weighted by Crippen LogP contribution is -2.44. The first kappa shape index (κ1) is 20.4. The van der Waals surface area contributed by atoms with Gasteiger partial charge in [-0.2, -0.15) is 0 Å². The Labute approximate surface area is 167 Å². The highest BCUT2D eigenvalue weighted by Gasteiger charge is 2.17. The third-order valence-corrected chi connectivity index (χ3v) is 6.73. The number of benzene rings is 2. The van der Waals surface area contributed by atoms with Crippen LogP contribution in [0.25, 0.3) is 0 Å². The molecule has 0 saturated carbocycles. The summed E-state index contributed by atoms with van der Waals surface area (Å²) in [5, 5.41) is 2.78. The second-order valence-electron chi connectivity index (χ2n) is 7.27. The number of nitrogens with zero attached hydrogens (tertiary/aromatic N) is 2. The molecule has 0 aromatic heterocycles. The highest BCUT2D eigenvalue weighted by atomic mass is 32.2. The van der Waals surface area contributed by atoms with Gasteiger partial charge >= 0.3 is 0 Å². The van der Waals surface area contributed by atoms with E-state index in [1.165, 1.54) is 0 Å². The Balaban J connectivity index is 1.52. The normalized spacial score (nSPS) is 15.4. The van der Waals surface area contributed by atoms with Crippen LogP contribution in [0.2, 0.25) is 0 Å². The number of hydrogen-bond acceptors (Lipinski definition) is 5. The van der Waals surface area contributed by atoms with Crippen molar-refractivity contribution in [2.75, 3.05) is 49.2 Å². The van der Waals surface area contributed by atoms with Crippen molar-refractivity contribution in [3.05, 3.63) is 54.1 Å². The van der Waals surface area contributed by atoms with Gasteiger partial charge in [0.1, 0.15) is 0 Å². The van der Waals surface area contributed by atoms with E-state index in [-0.39, 0.29) is 23.0 Å². The standard InChI is InChI=1S/C21H27N3O3S/c1-17-3-9-20(10-4-17)28(26,27)16-11-21(25)22-18-5-7-19(8-6-18)24-14-12-23(2)13-15-24/h3-10H,11-16H2,1-2H3,(H,22,25). The Morgan fingerprint density at radius 1 is 0.964 bits per heavy atom. The van der Waals surface area contributed by atoms with Gasteiger partial charge in [-0.05, 0) is 50.4 Å². The highest BCUT2D eigenvalue weighted by Crippen LogP contribution is 2.20. The number of amides is 1. The number of nitrogens with one attached hydrogen (secondary N) is 1. The zero-order chi connectivity index (χ0) is 20.1. The van der Waals surface area contributed by atoms with Crippen LogP contribution in [-0.2, 0) is 14.6 Å². The van der Waals surface area contributed by atoms with E-state index in [4.69, 9.17) is 0 Å². The van der Waals surface area contributed by atoms with Gasteiger partial charge in [-0.3, -0.25) is 4.79 Å². The topological polar surface area (TPSA) is 69.7 Å². The van der Waals surface area contributed by atoms with Crippen LogP contribution in [0.3, 0.4) is 0 Å². The Bertz CT molecular complexity index is 901. The number of rotatable bonds is 6. The monoisotopic (exact) mass is 401 g/mol. The number of sulfone groups is 1. The van der Waals surface area contributed by atoms with E-state index in [1.807, 2.05) is 31.2 Å². The molecule has 1 aliphatic rings. The number of carbonyl (C=O) groups excluding carboxylic acids is 1. The predicted octanol–water partition coefficient (Wildman–Crippen LogP) is 2.55. The SMILES string of the molecule is Cc1ccc(S(=O)(=O)CCC(=O)Nc2ccc(N3CCN(C)CC3)cc2)cc1. The fourth-order valence-electron chi connectivity index (χ4n) is 3.13. The lowest BCUT2D eigenvalue weighted by Gasteiger charge is -2.34. The summed E-state index contributed by atoms with van der Waals surface area (Å²) in [5.74, 6) is -0.510. The van der Waals surface area contributed by atoms with E-state index in [1.54, 1.807) is 24.3 Å². The molecule has 2 aromatic carbocycles. The maximum atomic E-state index is 12.4. The predicted molar refractivity (Wildman–Crippen MR) is 113 cm³/mol. The molecule has 6 nitrogen and oxygen atoms in total. The van der Waals surface area contributed by atoms with Gasteiger partial charge in [0.05, 0.1) is 10.6 Å². The lowest BCUT2D eigenvalue weighted by molar-refractivity contribution is -0.115. The molecule has 2 aromatic rings. The molecule has 0 bridgehead atoms. The van der Waals surface area contributed by atoms with Gasteiger partial charge in [-0.1, -0.05) is 17.7 Å². The van der Waals surface area contributed by atoms with E-state index < -0.39 is 9.84 Å². The second kappa shape index (κ2) is 8.75. The average molecular weight is 402 g/mol. The Morgan fingerprint density at radius 3 is 2.18 bits per heavy atom. The summed E-state index contributed by atoms with van der Waals surface area (Å²) in [6, 6.07) is 14.4. The van der Waals surface area contributed by atoms with Crippen LogP contribution < -0.4 is 10.2 Å². The molecule has 1 aliphatic heterocycles. The summed E-state index contributed by atoms with van der Waals surface area (Å²) in [7, 11) is -1.34. The Hall–Kier alpha value is -2.38. The van der Waals surface area contributed by atoms with Gasteiger partial charge in [0.25, 0.3) is 0 Å². The zero-order valence-corrected chi connectivity index (χ0v) is 17.2. The van der Waals surface area contributed by atoms with Crippen LogP contribution in [0.15, 0.2) is 53.4 Å². The van der Waals surface area contributed by atoms with E-state index in [0.29, 0.717) is 5.69 Å². The van der Waals surface area contributed by atoms with Crippen LogP contribution in [0, 0.1) is 6.92 Å². The molecule has 1 saturated heterocycles. The third kappa shape index (κ3) is 5.33. The van der Waals surface area contributed by atoms with Crippen molar-refractivity contribution in [1.29, 1.82) is 0 Å². The number of hydrogen-bond donors (Lipinski definition) is 1. The molecule has 150 valence electrons. The largest absolute Gasteiger partial charge is 0.369 e. The van der Waals surface area contributed by atoms with Crippen LogP contribution >= 0.6 is 0 Å². The molecule has 0 atom stereocenters. The van der Waals surface area contributed by atoms with Gasteiger partial charge in [-0.25, -0.2) is 8.42 Å². The van der Waals surface area contributed by atoms with Crippen LogP contribution in [0.4, 0.5) is 11.4 Å². The quantitative estimate of drug-likeness (QED) is 0.806. The average Bonchev–Trinajstić information content (AvgIpc) is 2.68. The van der Waals surface area contributed by atoms with Crippen molar-refractivity contribution >= 4 is 27.1 Å². The number of likely N-dealkylation sites (N-methyl/N-ethyl adjacent to an activating group) is 1. The smallest absolute Gasteiger partial charge is 0.225 e. The Kier molecular flexibility index (Phi) is 6.36. The molecule has 0 unspecified atom stereocenters. The first-order valence-corrected chi connectivity index (χ1v) is 11.1. The molecule has 3 rings (SSSR count). The van der Waals surface area contributed by atoms with Crippen LogP contribution in [-0.4, -0.2) is 58.2 Å². The molecule has 1 heterocycles. The lowest BCUT2D eigenvalue weighted by atomic mass is 10.2. The summed E-state index contributed by atoms with van der Waals surface area (Å²) < 4.78 is 24.7. The molecule has 7 heteroatoms. The molecule has 0 spiro atoms. The minimum Gasteiger partial charge on any atom is -0.369 e. The number of aryl methyl sites for hydroxylation is 1. The minimum atomic E-state index is -3.46. The molecule has 1 amide bonds. The molecule has 28 heavy (non-hydrogen) atoms. The Morgan fingerprint density at radius 2 is 1.57 bits per heavy atom. The summed E-state index contributed by atoms with van der Waals surface area (Å²) in [6.07, 6.45) is -0.0730. The van der Waals surface area contributed by atoms with Crippen molar-refractivity contribution in [2.24, 2.45) is 0 Å². The summed E-state index contributed by atoms with van der Waals surface area (Å²) in [5.41, 5.74) is 2.81. The molecule has 1 N–H and O–H groups in total. The number of anilines is 2. The van der Waals surface area contributed by atoms with Gasteiger partial charge in [0, 0.05) is 44.0 Å². The molecule has 0 radical (unpaired) electrons.